The average molecular weight is 335 g/mol. The van der Waals surface area contributed by atoms with Crippen LogP contribution < -0.4 is 5.32 Å². The summed E-state index contributed by atoms with van der Waals surface area (Å²) in [6.07, 6.45) is -0.303. The van der Waals surface area contributed by atoms with Gasteiger partial charge in [0.15, 0.2) is 6.10 Å². The molecular formula is C15H27ClN2O4. The van der Waals surface area contributed by atoms with Crippen LogP contribution in [0, 0.1) is 0 Å². The Kier molecular flexibility index (Phi) is 6.10. The van der Waals surface area contributed by atoms with Crippen LogP contribution in [0.3, 0.4) is 0 Å². The summed E-state index contributed by atoms with van der Waals surface area (Å²) in [5.74, 6) is -0.0570. The summed E-state index contributed by atoms with van der Waals surface area (Å²) in [7, 11) is 1.51. The molecule has 0 aromatic heterocycles. The van der Waals surface area contributed by atoms with E-state index in [1.54, 1.807) is 4.90 Å². The van der Waals surface area contributed by atoms with Gasteiger partial charge in [-0.3, -0.25) is 4.79 Å². The number of carbonyl (C=O) groups excluding carboxylic acids is 2. The van der Waals surface area contributed by atoms with Crippen LogP contribution in [-0.4, -0.2) is 59.7 Å². The average Bonchev–Trinajstić information content (AvgIpc) is 2.31. The standard InChI is InChI=1S/C15H27ClN2O4/c1-14(2,3)22-13(20)17-8-7-9-18-11(15(4,5)16)10(21-6)12(18)19/h10-11H,7-9H2,1-6H3,(H,17,20)/t10-,11-/m0/s1. The van der Waals surface area contributed by atoms with Crippen molar-refractivity contribution in [3.63, 3.8) is 0 Å². The second kappa shape index (κ2) is 7.04. The molecule has 1 rings (SSSR count). The van der Waals surface area contributed by atoms with Crippen LogP contribution in [0.1, 0.15) is 41.0 Å². The predicted octanol–water partition coefficient (Wildman–Crippen LogP) is 2.14. The third kappa shape index (κ3) is 5.02. The van der Waals surface area contributed by atoms with Crippen molar-refractivity contribution >= 4 is 23.6 Å². The summed E-state index contributed by atoms with van der Waals surface area (Å²) in [5, 5.41) is 2.67. The highest BCUT2D eigenvalue weighted by Gasteiger charge is 2.53. The molecule has 0 radical (unpaired) electrons. The summed E-state index contributed by atoms with van der Waals surface area (Å²) >= 11 is 6.34. The summed E-state index contributed by atoms with van der Waals surface area (Å²) in [5.41, 5.74) is -0.517. The molecule has 0 saturated carbocycles. The molecular weight excluding hydrogens is 308 g/mol. The minimum Gasteiger partial charge on any atom is -0.444 e. The first-order valence-electron chi connectivity index (χ1n) is 7.46. The molecule has 0 bridgehead atoms. The first-order valence-corrected chi connectivity index (χ1v) is 7.84. The highest BCUT2D eigenvalue weighted by molar-refractivity contribution is 6.24. The van der Waals surface area contributed by atoms with Crippen molar-refractivity contribution in [3.05, 3.63) is 0 Å². The third-order valence-corrected chi connectivity index (χ3v) is 3.57. The normalized spacial score (nSPS) is 22.3. The predicted molar refractivity (Wildman–Crippen MR) is 85.1 cm³/mol. The minimum absolute atomic E-state index is 0.0570. The molecule has 22 heavy (non-hydrogen) atoms. The van der Waals surface area contributed by atoms with E-state index in [0.717, 1.165) is 0 Å². The Morgan fingerprint density at radius 3 is 2.36 bits per heavy atom. The fourth-order valence-corrected chi connectivity index (χ4v) is 2.71. The first kappa shape index (κ1) is 19.0. The molecule has 0 aromatic rings. The van der Waals surface area contributed by atoms with Crippen LogP contribution in [-0.2, 0) is 14.3 Å². The van der Waals surface area contributed by atoms with Gasteiger partial charge in [-0.2, -0.15) is 0 Å². The van der Waals surface area contributed by atoms with Crippen LogP contribution in [0.15, 0.2) is 0 Å². The monoisotopic (exact) mass is 334 g/mol. The number of hydrogen-bond donors (Lipinski definition) is 1. The van der Waals surface area contributed by atoms with E-state index >= 15 is 0 Å². The molecule has 1 N–H and O–H groups in total. The molecule has 1 heterocycles. The number of halogens is 1. The summed E-state index contributed by atoms with van der Waals surface area (Å²) in [4.78, 5) is 24.7. The number of carbonyl (C=O) groups is 2. The van der Waals surface area contributed by atoms with Gasteiger partial charge in [-0.15, -0.1) is 11.6 Å². The minimum atomic E-state index is -0.562. The van der Waals surface area contributed by atoms with E-state index in [-0.39, 0.29) is 11.9 Å². The second-order valence-electron chi connectivity index (χ2n) is 6.98. The van der Waals surface area contributed by atoms with Crippen LogP contribution in [0.5, 0.6) is 0 Å². The Balaban J connectivity index is 2.38. The van der Waals surface area contributed by atoms with Crippen LogP contribution >= 0.6 is 11.6 Å². The number of hydrogen-bond acceptors (Lipinski definition) is 4. The van der Waals surface area contributed by atoms with E-state index in [9.17, 15) is 9.59 Å². The molecule has 1 saturated heterocycles. The molecule has 2 atom stereocenters. The lowest BCUT2D eigenvalue weighted by atomic mass is 9.87. The lowest BCUT2D eigenvalue weighted by Gasteiger charge is -2.51. The van der Waals surface area contributed by atoms with Gasteiger partial charge in [0.1, 0.15) is 5.60 Å². The van der Waals surface area contributed by atoms with E-state index in [4.69, 9.17) is 21.1 Å². The molecule has 6 nitrogen and oxygen atoms in total. The molecule has 0 aliphatic carbocycles. The maximum atomic E-state index is 12.0. The zero-order valence-corrected chi connectivity index (χ0v) is 15.0. The Labute approximate surface area is 137 Å². The van der Waals surface area contributed by atoms with Crippen molar-refractivity contribution in [1.82, 2.24) is 10.2 Å². The van der Waals surface area contributed by atoms with Crippen molar-refractivity contribution < 1.29 is 19.1 Å². The lowest BCUT2D eigenvalue weighted by Crippen LogP contribution is -2.71. The summed E-state index contributed by atoms with van der Waals surface area (Å²) < 4.78 is 10.3. The number of methoxy groups -OCH3 is 1. The molecule has 1 fully saturated rings. The molecule has 0 unspecified atom stereocenters. The van der Waals surface area contributed by atoms with E-state index in [2.05, 4.69) is 5.32 Å². The van der Waals surface area contributed by atoms with E-state index in [1.807, 2.05) is 34.6 Å². The van der Waals surface area contributed by atoms with Gasteiger partial charge in [0.05, 0.1) is 10.9 Å². The molecule has 1 aliphatic heterocycles. The molecule has 2 amide bonds. The topological polar surface area (TPSA) is 67.9 Å². The van der Waals surface area contributed by atoms with Crippen LogP contribution in [0.2, 0.25) is 0 Å². The van der Waals surface area contributed by atoms with Gasteiger partial charge in [-0.05, 0) is 41.0 Å². The van der Waals surface area contributed by atoms with Gasteiger partial charge in [0.2, 0.25) is 0 Å². The van der Waals surface area contributed by atoms with Crippen molar-refractivity contribution in [1.29, 1.82) is 0 Å². The Bertz CT molecular complexity index is 415. The van der Waals surface area contributed by atoms with Crippen molar-refractivity contribution in [2.45, 2.75) is 63.7 Å². The summed E-state index contributed by atoms with van der Waals surface area (Å²) in [6.45, 7) is 10.1. The maximum absolute atomic E-state index is 12.0. The molecule has 128 valence electrons. The van der Waals surface area contributed by atoms with Crippen LogP contribution in [0.4, 0.5) is 4.79 Å². The number of rotatable bonds is 6. The SMILES string of the molecule is CO[C@@H]1C(=O)N(CCCNC(=O)OC(C)(C)C)[C@@H]1C(C)(C)Cl. The number of β-lactam (4-membered cyclic amide) rings is 1. The van der Waals surface area contributed by atoms with Crippen molar-refractivity contribution in [2.24, 2.45) is 0 Å². The Hall–Kier alpha value is -1.01. The van der Waals surface area contributed by atoms with Gasteiger partial charge in [-0.25, -0.2) is 4.79 Å². The van der Waals surface area contributed by atoms with Crippen molar-refractivity contribution in [2.75, 3.05) is 20.2 Å². The van der Waals surface area contributed by atoms with Crippen molar-refractivity contribution in [3.8, 4) is 0 Å². The number of likely N-dealkylation sites (tertiary alicyclic amines) is 1. The largest absolute Gasteiger partial charge is 0.444 e. The van der Waals surface area contributed by atoms with Gasteiger partial charge in [0, 0.05) is 20.2 Å². The van der Waals surface area contributed by atoms with E-state index in [1.165, 1.54) is 7.11 Å². The van der Waals surface area contributed by atoms with E-state index in [0.29, 0.717) is 19.5 Å². The maximum Gasteiger partial charge on any atom is 0.407 e. The van der Waals surface area contributed by atoms with Gasteiger partial charge >= 0.3 is 6.09 Å². The van der Waals surface area contributed by atoms with E-state index < -0.39 is 22.7 Å². The Morgan fingerprint density at radius 1 is 1.32 bits per heavy atom. The molecule has 1 aliphatic rings. The Morgan fingerprint density at radius 2 is 1.91 bits per heavy atom. The van der Waals surface area contributed by atoms with Gasteiger partial charge < -0.3 is 19.7 Å². The smallest absolute Gasteiger partial charge is 0.407 e. The molecule has 7 heteroatoms. The lowest BCUT2D eigenvalue weighted by molar-refractivity contribution is -0.173. The number of nitrogens with zero attached hydrogens (tertiary/aromatic N) is 1. The number of amides is 2. The fraction of sp³-hybridized carbons (Fsp3) is 0.867. The zero-order chi connectivity index (χ0) is 17.1. The molecule has 0 spiro atoms. The highest BCUT2D eigenvalue weighted by atomic mass is 35.5. The third-order valence-electron chi connectivity index (χ3n) is 3.35. The first-order chi connectivity index (χ1) is 9.97. The fourth-order valence-electron chi connectivity index (χ4n) is 2.48. The second-order valence-corrected chi connectivity index (χ2v) is 7.95. The molecule has 0 aromatic carbocycles. The zero-order valence-electron chi connectivity index (χ0n) is 14.2. The number of nitrogens with one attached hydrogen (secondary N) is 1. The number of alkyl carbamates (subject to hydrolysis) is 1. The highest BCUT2D eigenvalue weighted by Crippen LogP contribution is 2.35. The quantitative estimate of drug-likeness (QED) is 0.459. The van der Waals surface area contributed by atoms with Gasteiger partial charge in [-0.1, -0.05) is 0 Å². The number of ether oxygens (including phenoxy) is 2. The van der Waals surface area contributed by atoms with Crippen LogP contribution in [0.25, 0.3) is 0 Å². The summed E-state index contributed by atoms with van der Waals surface area (Å²) in [6, 6.07) is -0.159. The number of alkyl halides is 1. The van der Waals surface area contributed by atoms with Gasteiger partial charge in [0.25, 0.3) is 5.91 Å².